The van der Waals surface area contributed by atoms with Crippen molar-refractivity contribution in [1.82, 2.24) is 0 Å². The molecule has 0 saturated carbocycles. The quantitative estimate of drug-likeness (QED) is 0.839. The highest BCUT2D eigenvalue weighted by molar-refractivity contribution is 8.15. The summed E-state index contributed by atoms with van der Waals surface area (Å²) >= 11 is 1.54. The predicted octanol–water partition coefficient (Wildman–Crippen LogP) is 3.92. The summed E-state index contributed by atoms with van der Waals surface area (Å²) in [6, 6.07) is 3.68. The number of amidine groups is 1. The number of alkyl halides is 3. The minimum absolute atomic E-state index is 0.374. The van der Waals surface area contributed by atoms with E-state index < -0.39 is 11.7 Å². The molecule has 0 amide bonds. The fraction of sp³-hybridized carbons (Fsp3) is 0.417. The standard InChI is InChI=1S/C12H13F3N2S/c1-7-3-4-9(12(13,14)15)5-10(7)17-11-16-6-8(2)18-11/h3-5,8H,6H2,1-2H3,(H,16,17). The van der Waals surface area contributed by atoms with Crippen molar-refractivity contribution in [3.8, 4) is 0 Å². The van der Waals surface area contributed by atoms with Crippen LogP contribution in [0.4, 0.5) is 18.9 Å². The zero-order chi connectivity index (χ0) is 13.3. The summed E-state index contributed by atoms with van der Waals surface area (Å²) < 4.78 is 37.8. The van der Waals surface area contributed by atoms with Gasteiger partial charge in [-0.05, 0) is 24.6 Å². The molecule has 0 fully saturated rings. The number of thioether (sulfide) groups is 1. The molecule has 6 heteroatoms. The highest BCUT2D eigenvalue weighted by atomic mass is 32.2. The summed E-state index contributed by atoms with van der Waals surface area (Å²) in [5, 5.41) is 4.02. The highest BCUT2D eigenvalue weighted by Crippen LogP contribution is 2.32. The molecule has 0 aromatic heterocycles. The van der Waals surface area contributed by atoms with Crippen molar-refractivity contribution in [2.24, 2.45) is 4.99 Å². The number of nitrogens with zero attached hydrogens (tertiary/aromatic N) is 1. The Labute approximate surface area is 108 Å². The second kappa shape index (κ2) is 4.84. The van der Waals surface area contributed by atoms with Gasteiger partial charge in [-0.3, -0.25) is 4.99 Å². The molecule has 0 bridgehead atoms. The number of nitrogens with one attached hydrogen (secondary N) is 1. The maximum Gasteiger partial charge on any atom is 0.416 e. The molecule has 1 aliphatic heterocycles. The monoisotopic (exact) mass is 274 g/mol. The van der Waals surface area contributed by atoms with Crippen molar-refractivity contribution in [2.45, 2.75) is 25.3 Å². The summed E-state index contributed by atoms with van der Waals surface area (Å²) in [6.45, 7) is 4.50. The first-order valence-electron chi connectivity index (χ1n) is 5.52. The van der Waals surface area contributed by atoms with E-state index in [2.05, 4.69) is 10.3 Å². The van der Waals surface area contributed by atoms with Crippen LogP contribution in [0.15, 0.2) is 23.2 Å². The molecule has 1 aliphatic rings. The fourth-order valence-corrected chi connectivity index (χ4v) is 2.44. The smallest absolute Gasteiger partial charge is 0.335 e. The lowest BCUT2D eigenvalue weighted by Gasteiger charge is -2.13. The van der Waals surface area contributed by atoms with Crippen molar-refractivity contribution in [1.29, 1.82) is 0 Å². The van der Waals surface area contributed by atoms with Crippen LogP contribution in [0.25, 0.3) is 0 Å². The number of aliphatic imine (C=N–C) groups is 1. The Kier molecular flexibility index (Phi) is 3.56. The third-order valence-electron chi connectivity index (χ3n) is 2.61. The van der Waals surface area contributed by atoms with E-state index in [1.165, 1.54) is 6.07 Å². The Morgan fingerprint density at radius 2 is 2.11 bits per heavy atom. The summed E-state index contributed by atoms with van der Waals surface area (Å²) in [5.41, 5.74) is 0.586. The fourth-order valence-electron chi connectivity index (χ4n) is 1.59. The molecule has 98 valence electrons. The highest BCUT2D eigenvalue weighted by Gasteiger charge is 2.31. The molecule has 0 saturated heterocycles. The van der Waals surface area contributed by atoms with Crippen LogP contribution in [0.3, 0.4) is 0 Å². The Bertz CT molecular complexity index is 483. The first-order chi connectivity index (χ1) is 8.36. The van der Waals surface area contributed by atoms with Crippen molar-refractivity contribution in [2.75, 3.05) is 11.9 Å². The van der Waals surface area contributed by atoms with E-state index in [1.807, 2.05) is 6.92 Å². The predicted molar refractivity (Wildman–Crippen MR) is 69.2 cm³/mol. The molecule has 1 aromatic rings. The summed E-state index contributed by atoms with van der Waals surface area (Å²) in [5.74, 6) is 0. The summed E-state index contributed by atoms with van der Waals surface area (Å²) in [4.78, 5) is 4.23. The van der Waals surface area contributed by atoms with Gasteiger partial charge in [0.2, 0.25) is 0 Å². The van der Waals surface area contributed by atoms with Crippen LogP contribution >= 0.6 is 11.8 Å². The lowest BCUT2D eigenvalue weighted by Crippen LogP contribution is -2.10. The molecule has 0 radical (unpaired) electrons. The second-order valence-electron chi connectivity index (χ2n) is 4.23. The normalized spacial score (nSPS) is 19.8. The van der Waals surface area contributed by atoms with Crippen LogP contribution in [0.1, 0.15) is 18.1 Å². The molecule has 1 heterocycles. The molecular weight excluding hydrogens is 261 g/mol. The van der Waals surface area contributed by atoms with Crippen LogP contribution in [-0.2, 0) is 6.18 Å². The minimum Gasteiger partial charge on any atom is -0.335 e. The maximum absolute atomic E-state index is 12.6. The van der Waals surface area contributed by atoms with Gasteiger partial charge < -0.3 is 5.32 Å². The van der Waals surface area contributed by atoms with Crippen molar-refractivity contribution < 1.29 is 13.2 Å². The van der Waals surface area contributed by atoms with E-state index >= 15 is 0 Å². The van der Waals surface area contributed by atoms with Crippen molar-refractivity contribution in [3.63, 3.8) is 0 Å². The topological polar surface area (TPSA) is 24.4 Å². The SMILES string of the molecule is Cc1ccc(C(F)(F)F)cc1NC1=NCC(C)S1. The first kappa shape index (κ1) is 13.3. The summed E-state index contributed by atoms with van der Waals surface area (Å²) in [7, 11) is 0. The van der Waals surface area contributed by atoms with E-state index in [0.717, 1.165) is 17.7 Å². The van der Waals surface area contributed by atoms with Gasteiger partial charge in [0, 0.05) is 10.9 Å². The van der Waals surface area contributed by atoms with Crippen LogP contribution in [0.5, 0.6) is 0 Å². The number of benzene rings is 1. The zero-order valence-corrected chi connectivity index (χ0v) is 10.8. The Morgan fingerprint density at radius 1 is 1.39 bits per heavy atom. The largest absolute Gasteiger partial charge is 0.416 e. The van der Waals surface area contributed by atoms with Gasteiger partial charge in [-0.1, -0.05) is 24.8 Å². The van der Waals surface area contributed by atoms with E-state index in [4.69, 9.17) is 0 Å². The Morgan fingerprint density at radius 3 is 2.67 bits per heavy atom. The minimum atomic E-state index is -4.32. The third-order valence-corrected chi connectivity index (χ3v) is 3.62. The Hall–Kier alpha value is -1.17. The van der Waals surface area contributed by atoms with Crippen molar-refractivity contribution >= 4 is 22.6 Å². The molecule has 0 aliphatic carbocycles. The van der Waals surface area contributed by atoms with Crippen LogP contribution in [0, 0.1) is 6.92 Å². The second-order valence-corrected chi connectivity index (χ2v) is 5.65. The number of hydrogen-bond acceptors (Lipinski definition) is 3. The van der Waals surface area contributed by atoms with Crippen LogP contribution < -0.4 is 5.32 Å². The maximum atomic E-state index is 12.6. The third kappa shape index (κ3) is 2.98. The Balaban J connectivity index is 2.22. The number of anilines is 1. The number of hydrogen-bond donors (Lipinski definition) is 1. The van der Waals surface area contributed by atoms with Gasteiger partial charge in [-0.2, -0.15) is 13.2 Å². The van der Waals surface area contributed by atoms with Gasteiger partial charge in [-0.25, -0.2) is 0 Å². The van der Waals surface area contributed by atoms with Gasteiger partial charge >= 0.3 is 6.18 Å². The molecule has 1 aromatic carbocycles. The number of rotatable bonds is 1. The van der Waals surface area contributed by atoms with Gasteiger partial charge in [0.05, 0.1) is 12.1 Å². The van der Waals surface area contributed by atoms with E-state index in [-0.39, 0.29) is 0 Å². The number of aryl methyl sites for hydroxylation is 1. The van der Waals surface area contributed by atoms with Crippen molar-refractivity contribution in [3.05, 3.63) is 29.3 Å². The molecular formula is C12H13F3N2S. The average Bonchev–Trinajstić information content (AvgIpc) is 2.66. The number of halogens is 3. The molecule has 2 nitrogen and oxygen atoms in total. The lowest BCUT2D eigenvalue weighted by atomic mass is 10.1. The van der Waals surface area contributed by atoms with E-state index in [1.54, 1.807) is 18.7 Å². The molecule has 18 heavy (non-hydrogen) atoms. The summed E-state index contributed by atoms with van der Waals surface area (Å²) in [6.07, 6.45) is -4.32. The first-order valence-corrected chi connectivity index (χ1v) is 6.40. The van der Waals surface area contributed by atoms with Gasteiger partial charge in [0.15, 0.2) is 5.17 Å². The van der Waals surface area contributed by atoms with Gasteiger partial charge in [0.25, 0.3) is 0 Å². The van der Waals surface area contributed by atoms with E-state index in [9.17, 15) is 13.2 Å². The molecule has 1 N–H and O–H groups in total. The van der Waals surface area contributed by atoms with E-state index in [0.29, 0.717) is 22.6 Å². The zero-order valence-electron chi connectivity index (χ0n) is 10.0. The lowest BCUT2D eigenvalue weighted by molar-refractivity contribution is -0.137. The van der Waals surface area contributed by atoms with Crippen LogP contribution in [0.2, 0.25) is 0 Å². The molecule has 1 atom stereocenters. The average molecular weight is 274 g/mol. The molecule has 2 rings (SSSR count). The van der Waals surface area contributed by atoms with Crippen LogP contribution in [-0.4, -0.2) is 17.0 Å². The van der Waals surface area contributed by atoms with Gasteiger partial charge in [-0.15, -0.1) is 0 Å². The molecule has 0 spiro atoms. The molecule has 1 unspecified atom stereocenters. The van der Waals surface area contributed by atoms with Gasteiger partial charge in [0.1, 0.15) is 0 Å².